The Labute approximate surface area is 160 Å². The van der Waals surface area contributed by atoms with Crippen LogP contribution in [0, 0.1) is 6.92 Å². The van der Waals surface area contributed by atoms with E-state index in [0.717, 1.165) is 10.4 Å². The molecule has 3 rings (SSSR count). The molecular weight excluding hydrogens is 372 g/mol. The lowest BCUT2D eigenvalue weighted by Crippen LogP contribution is -2.26. The normalized spacial score (nSPS) is 10.6. The summed E-state index contributed by atoms with van der Waals surface area (Å²) in [6.45, 7) is 2.33. The number of hydrogen-bond acceptors (Lipinski definition) is 4. The van der Waals surface area contributed by atoms with Crippen LogP contribution in [0.4, 0.5) is 5.69 Å². The molecule has 0 radical (unpaired) electrons. The molecule has 3 aromatic rings. The Morgan fingerprint density at radius 1 is 1.23 bits per heavy atom. The molecule has 0 saturated heterocycles. The fourth-order valence-corrected chi connectivity index (χ4v) is 3.59. The van der Waals surface area contributed by atoms with E-state index in [4.69, 9.17) is 16.0 Å². The lowest BCUT2D eigenvalue weighted by atomic mass is 10.1. The van der Waals surface area contributed by atoms with Gasteiger partial charge in [0, 0.05) is 23.2 Å². The van der Waals surface area contributed by atoms with Crippen LogP contribution in [0.5, 0.6) is 0 Å². The SMILES string of the molecule is Cc1ccc(C(=O)N(C)Cc2ccc(Cl)s2)cc1NC(=O)c1ccco1. The van der Waals surface area contributed by atoms with Crippen molar-refractivity contribution >= 4 is 40.4 Å². The summed E-state index contributed by atoms with van der Waals surface area (Å²) >= 11 is 7.38. The van der Waals surface area contributed by atoms with Gasteiger partial charge in [-0.05, 0) is 48.9 Å². The number of nitrogens with zero attached hydrogens (tertiary/aromatic N) is 1. The molecule has 1 N–H and O–H groups in total. The van der Waals surface area contributed by atoms with Gasteiger partial charge in [0.2, 0.25) is 0 Å². The number of amides is 2. The molecule has 134 valence electrons. The Balaban J connectivity index is 1.75. The molecule has 0 bridgehead atoms. The molecular formula is C19H17ClN2O3S. The average Bonchev–Trinajstić information content (AvgIpc) is 3.28. The smallest absolute Gasteiger partial charge is 0.291 e. The monoisotopic (exact) mass is 388 g/mol. The molecule has 0 unspecified atom stereocenters. The van der Waals surface area contributed by atoms with Crippen LogP contribution in [0.3, 0.4) is 0 Å². The number of thiophene rings is 1. The van der Waals surface area contributed by atoms with Crippen molar-refractivity contribution in [1.82, 2.24) is 4.90 Å². The molecule has 0 aliphatic heterocycles. The minimum absolute atomic E-state index is 0.136. The Kier molecular flexibility index (Phi) is 5.44. The predicted octanol–water partition coefficient (Wildman–Crippen LogP) is 4.83. The van der Waals surface area contributed by atoms with E-state index in [1.807, 2.05) is 19.1 Å². The molecule has 0 aliphatic rings. The van der Waals surface area contributed by atoms with Crippen molar-refractivity contribution in [2.24, 2.45) is 0 Å². The number of anilines is 1. The Hall–Kier alpha value is -2.57. The second-order valence-corrected chi connectivity index (χ2v) is 7.63. The molecule has 1 aromatic carbocycles. The molecule has 2 amide bonds. The van der Waals surface area contributed by atoms with Crippen LogP contribution in [-0.2, 0) is 6.54 Å². The predicted molar refractivity (Wildman–Crippen MR) is 103 cm³/mol. The fraction of sp³-hybridized carbons (Fsp3) is 0.158. The summed E-state index contributed by atoms with van der Waals surface area (Å²) in [5.41, 5.74) is 1.93. The maximum absolute atomic E-state index is 12.7. The van der Waals surface area contributed by atoms with Crippen LogP contribution in [-0.4, -0.2) is 23.8 Å². The lowest BCUT2D eigenvalue weighted by molar-refractivity contribution is 0.0786. The molecule has 0 spiro atoms. The van der Waals surface area contributed by atoms with E-state index in [2.05, 4.69) is 5.32 Å². The fourth-order valence-electron chi connectivity index (χ4n) is 2.44. The first kappa shape index (κ1) is 18.2. The van der Waals surface area contributed by atoms with Gasteiger partial charge in [-0.15, -0.1) is 11.3 Å². The quantitative estimate of drug-likeness (QED) is 0.681. The third kappa shape index (κ3) is 4.15. The van der Waals surface area contributed by atoms with Crippen LogP contribution in [0.1, 0.15) is 31.4 Å². The van der Waals surface area contributed by atoms with Crippen LogP contribution in [0.25, 0.3) is 0 Å². The number of hydrogen-bond donors (Lipinski definition) is 1. The van der Waals surface area contributed by atoms with E-state index < -0.39 is 0 Å². The minimum atomic E-state index is -0.357. The highest BCUT2D eigenvalue weighted by molar-refractivity contribution is 7.16. The van der Waals surface area contributed by atoms with Gasteiger partial charge in [0.05, 0.1) is 17.1 Å². The van der Waals surface area contributed by atoms with Gasteiger partial charge in [-0.3, -0.25) is 9.59 Å². The molecule has 5 nitrogen and oxygen atoms in total. The number of nitrogens with one attached hydrogen (secondary N) is 1. The molecule has 2 heterocycles. The van der Waals surface area contributed by atoms with E-state index in [1.54, 1.807) is 42.3 Å². The van der Waals surface area contributed by atoms with Crippen LogP contribution in [0.15, 0.2) is 53.1 Å². The highest BCUT2D eigenvalue weighted by Crippen LogP contribution is 2.24. The van der Waals surface area contributed by atoms with Crippen molar-refractivity contribution in [3.8, 4) is 0 Å². The van der Waals surface area contributed by atoms with E-state index in [1.165, 1.54) is 17.6 Å². The molecule has 7 heteroatoms. The standard InChI is InChI=1S/C19H17ClN2O3S/c1-12-5-6-13(10-15(12)21-18(23)16-4-3-9-25-16)19(24)22(2)11-14-7-8-17(20)26-14/h3-10H,11H2,1-2H3,(H,21,23). The van der Waals surface area contributed by atoms with Crippen molar-refractivity contribution < 1.29 is 14.0 Å². The average molecular weight is 389 g/mol. The second kappa shape index (κ2) is 7.76. The topological polar surface area (TPSA) is 62.6 Å². The van der Waals surface area contributed by atoms with Gasteiger partial charge in [0.15, 0.2) is 5.76 Å². The van der Waals surface area contributed by atoms with Gasteiger partial charge >= 0.3 is 0 Å². The number of aryl methyl sites for hydroxylation is 1. The summed E-state index contributed by atoms with van der Waals surface area (Å²) in [6, 6.07) is 12.2. The van der Waals surface area contributed by atoms with Crippen molar-refractivity contribution in [2.45, 2.75) is 13.5 Å². The molecule has 0 fully saturated rings. The summed E-state index contributed by atoms with van der Waals surface area (Å²) in [5, 5.41) is 2.78. The van der Waals surface area contributed by atoms with E-state index in [-0.39, 0.29) is 17.6 Å². The van der Waals surface area contributed by atoms with Gasteiger partial charge in [-0.2, -0.15) is 0 Å². The van der Waals surface area contributed by atoms with Crippen LogP contribution in [0.2, 0.25) is 4.34 Å². The van der Waals surface area contributed by atoms with Crippen LogP contribution < -0.4 is 5.32 Å². The van der Waals surface area contributed by atoms with E-state index in [0.29, 0.717) is 22.1 Å². The highest BCUT2D eigenvalue weighted by Gasteiger charge is 2.16. The highest BCUT2D eigenvalue weighted by atomic mass is 35.5. The van der Waals surface area contributed by atoms with Gasteiger partial charge in [-0.25, -0.2) is 0 Å². The minimum Gasteiger partial charge on any atom is -0.459 e. The number of carbonyl (C=O) groups excluding carboxylic acids is 2. The van der Waals surface area contributed by atoms with E-state index >= 15 is 0 Å². The third-order valence-electron chi connectivity index (χ3n) is 3.85. The summed E-state index contributed by atoms with van der Waals surface area (Å²) in [6.07, 6.45) is 1.44. The maximum atomic E-state index is 12.7. The van der Waals surface area contributed by atoms with Gasteiger partial charge in [0.25, 0.3) is 11.8 Å². The zero-order valence-electron chi connectivity index (χ0n) is 14.3. The van der Waals surface area contributed by atoms with Crippen molar-refractivity contribution in [2.75, 3.05) is 12.4 Å². The summed E-state index contributed by atoms with van der Waals surface area (Å²) in [7, 11) is 1.73. The Bertz CT molecular complexity index is 934. The molecule has 0 saturated carbocycles. The first-order chi connectivity index (χ1) is 12.4. The first-order valence-electron chi connectivity index (χ1n) is 7.89. The van der Waals surface area contributed by atoms with Gasteiger partial charge < -0.3 is 14.6 Å². The molecule has 0 atom stereocenters. The number of carbonyl (C=O) groups is 2. The Morgan fingerprint density at radius 2 is 2.04 bits per heavy atom. The zero-order chi connectivity index (χ0) is 18.7. The number of halogens is 1. The second-order valence-electron chi connectivity index (χ2n) is 5.83. The third-order valence-corrected chi connectivity index (χ3v) is 5.06. The summed E-state index contributed by atoms with van der Waals surface area (Å²) in [5.74, 6) is -0.278. The maximum Gasteiger partial charge on any atom is 0.291 e. The zero-order valence-corrected chi connectivity index (χ0v) is 15.9. The Morgan fingerprint density at radius 3 is 2.69 bits per heavy atom. The largest absolute Gasteiger partial charge is 0.459 e. The summed E-state index contributed by atoms with van der Waals surface area (Å²) < 4.78 is 5.79. The van der Waals surface area contributed by atoms with Crippen molar-refractivity contribution in [3.63, 3.8) is 0 Å². The van der Waals surface area contributed by atoms with Crippen molar-refractivity contribution in [1.29, 1.82) is 0 Å². The first-order valence-corrected chi connectivity index (χ1v) is 9.08. The number of rotatable bonds is 5. The summed E-state index contributed by atoms with van der Waals surface area (Å²) in [4.78, 5) is 27.5. The number of furan rings is 1. The van der Waals surface area contributed by atoms with Gasteiger partial charge in [-0.1, -0.05) is 17.7 Å². The number of benzene rings is 1. The molecule has 2 aromatic heterocycles. The van der Waals surface area contributed by atoms with Crippen molar-refractivity contribution in [3.05, 3.63) is 74.8 Å². The van der Waals surface area contributed by atoms with Gasteiger partial charge in [0.1, 0.15) is 0 Å². The van der Waals surface area contributed by atoms with Crippen LogP contribution >= 0.6 is 22.9 Å². The molecule has 26 heavy (non-hydrogen) atoms. The molecule has 0 aliphatic carbocycles. The lowest BCUT2D eigenvalue weighted by Gasteiger charge is -2.17. The van der Waals surface area contributed by atoms with E-state index in [9.17, 15) is 9.59 Å².